The minimum Gasteiger partial charge on any atom is -0.478 e. The van der Waals surface area contributed by atoms with Crippen molar-refractivity contribution in [3.8, 4) is 5.88 Å². The van der Waals surface area contributed by atoms with Crippen LogP contribution < -0.4 is 10.5 Å². The summed E-state index contributed by atoms with van der Waals surface area (Å²) < 4.78 is 10.0. The predicted octanol–water partition coefficient (Wildman–Crippen LogP) is 0.690. The second-order valence-corrected chi connectivity index (χ2v) is 2.53. The first-order valence-corrected chi connectivity index (χ1v) is 3.84. The fraction of sp³-hybridized carbons (Fsp3) is 0.250. The van der Waals surface area contributed by atoms with Crippen molar-refractivity contribution in [2.45, 2.75) is 6.54 Å². The molecular weight excluding hydrogens is 170 g/mol. The number of hydrogen-bond donors (Lipinski definition) is 1. The molecule has 0 bridgehead atoms. The first kappa shape index (κ1) is 8.00. The second-order valence-electron chi connectivity index (χ2n) is 2.53. The van der Waals surface area contributed by atoms with Crippen LogP contribution in [-0.2, 0) is 6.54 Å². The van der Waals surface area contributed by atoms with Gasteiger partial charge in [-0.3, -0.25) is 4.98 Å². The van der Waals surface area contributed by atoms with Crippen LogP contribution in [0.2, 0.25) is 0 Å². The molecule has 5 nitrogen and oxygen atoms in total. The monoisotopic (exact) mass is 179 g/mol. The Balaban J connectivity index is 2.76. The minimum absolute atomic E-state index is 0.342. The number of aromatic nitrogens is 2. The van der Waals surface area contributed by atoms with Gasteiger partial charge in [-0.15, -0.1) is 0 Å². The summed E-state index contributed by atoms with van der Waals surface area (Å²) in [5.74, 6) is 0.434. The van der Waals surface area contributed by atoms with Crippen molar-refractivity contribution in [2.24, 2.45) is 5.73 Å². The highest BCUT2D eigenvalue weighted by Crippen LogP contribution is 2.26. The molecule has 0 unspecified atom stereocenters. The highest BCUT2D eigenvalue weighted by atomic mass is 16.5. The van der Waals surface area contributed by atoms with Crippen molar-refractivity contribution in [3.63, 3.8) is 0 Å². The summed E-state index contributed by atoms with van der Waals surface area (Å²) in [7, 11) is 1.53. The lowest BCUT2D eigenvalue weighted by atomic mass is 10.2. The van der Waals surface area contributed by atoms with E-state index in [1.165, 1.54) is 7.11 Å². The van der Waals surface area contributed by atoms with Crippen LogP contribution in [0.5, 0.6) is 5.88 Å². The molecule has 0 aliphatic carbocycles. The summed E-state index contributed by atoms with van der Waals surface area (Å²) in [6.07, 6.45) is 1.63. The number of pyridine rings is 1. The molecule has 0 saturated heterocycles. The molecule has 2 rings (SSSR count). The van der Waals surface area contributed by atoms with E-state index >= 15 is 0 Å². The zero-order valence-corrected chi connectivity index (χ0v) is 7.15. The average Bonchev–Trinajstić information content (AvgIpc) is 2.60. The van der Waals surface area contributed by atoms with Gasteiger partial charge in [0.25, 0.3) is 5.88 Å². The number of ether oxygens (including phenoxy) is 1. The van der Waals surface area contributed by atoms with Crippen LogP contribution in [0, 0.1) is 0 Å². The van der Waals surface area contributed by atoms with Crippen molar-refractivity contribution >= 4 is 11.0 Å². The quantitative estimate of drug-likeness (QED) is 0.734. The number of rotatable bonds is 2. The largest absolute Gasteiger partial charge is 0.478 e. The van der Waals surface area contributed by atoms with Gasteiger partial charge in [0, 0.05) is 18.8 Å². The van der Waals surface area contributed by atoms with Gasteiger partial charge >= 0.3 is 0 Å². The molecule has 0 amide bonds. The molecule has 0 fully saturated rings. The highest BCUT2D eigenvalue weighted by Gasteiger charge is 2.12. The van der Waals surface area contributed by atoms with Crippen molar-refractivity contribution in [1.82, 2.24) is 10.1 Å². The maximum atomic E-state index is 5.51. The van der Waals surface area contributed by atoms with E-state index in [-0.39, 0.29) is 0 Å². The fourth-order valence-electron chi connectivity index (χ4n) is 1.22. The molecule has 2 aromatic rings. The molecule has 2 aromatic heterocycles. The van der Waals surface area contributed by atoms with Gasteiger partial charge in [0.2, 0.25) is 0 Å². The normalized spacial score (nSPS) is 10.6. The van der Waals surface area contributed by atoms with Crippen molar-refractivity contribution in [1.29, 1.82) is 0 Å². The molecule has 0 aliphatic heterocycles. The number of methoxy groups -OCH3 is 1. The molecule has 2 heterocycles. The predicted molar refractivity (Wildman–Crippen MR) is 46.2 cm³/mol. The van der Waals surface area contributed by atoms with Crippen LogP contribution in [0.15, 0.2) is 16.8 Å². The van der Waals surface area contributed by atoms with Crippen LogP contribution in [0.4, 0.5) is 0 Å². The fourth-order valence-corrected chi connectivity index (χ4v) is 1.22. The van der Waals surface area contributed by atoms with Gasteiger partial charge in [0.05, 0.1) is 12.8 Å². The molecular formula is C8H9N3O2. The standard InChI is InChI=1S/C8H9N3O2/c1-12-8-7-5(4-9)10-3-2-6(7)13-11-8/h2-3H,4,9H2,1H3. The molecule has 0 aliphatic rings. The Kier molecular flexibility index (Phi) is 1.86. The first-order valence-electron chi connectivity index (χ1n) is 3.84. The molecule has 0 atom stereocenters. The maximum Gasteiger partial charge on any atom is 0.263 e. The Morgan fingerprint density at radius 1 is 1.62 bits per heavy atom. The van der Waals surface area contributed by atoms with Gasteiger partial charge in [-0.1, -0.05) is 0 Å². The molecule has 0 radical (unpaired) electrons. The first-order chi connectivity index (χ1) is 6.36. The zero-order chi connectivity index (χ0) is 9.26. The smallest absolute Gasteiger partial charge is 0.263 e. The lowest BCUT2D eigenvalue weighted by Crippen LogP contribution is -2.00. The number of nitrogens with zero attached hydrogens (tertiary/aromatic N) is 2. The van der Waals surface area contributed by atoms with Crippen molar-refractivity contribution in [3.05, 3.63) is 18.0 Å². The summed E-state index contributed by atoms with van der Waals surface area (Å²) in [5, 5.41) is 4.49. The Hall–Kier alpha value is -1.62. The SMILES string of the molecule is COc1noc2ccnc(CN)c12. The highest BCUT2D eigenvalue weighted by molar-refractivity contribution is 5.84. The van der Waals surface area contributed by atoms with Gasteiger partial charge in [0.15, 0.2) is 5.58 Å². The topological polar surface area (TPSA) is 74.2 Å². The van der Waals surface area contributed by atoms with Crippen molar-refractivity contribution in [2.75, 3.05) is 7.11 Å². The number of hydrogen-bond acceptors (Lipinski definition) is 5. The number of nitrogens with two attached hydrogens (primary N) is 1. The Morgan fingerprint density at radius 3 is 3.15 bits per heavy atom. The third-order valence-electron chi connectivity index (χ3n) is 1.82. The maximum absolute atomic E-state index is 5.51. The average molecular weight is 179 g/mol. The molecule has 5 heteroatoms. The zero-order valence-electron chi connectivity index (χ0n) is 7.15. The molecule has 68 valence electrons. The van der Waals surface area contributed by atoms with E-state index in [9.17, 15) is 0 Å². The molecule has 13 heavy (non-hydrogen) atoms. The lowest BCUT2D eigenvalue weighted by molar-refractivity contribution is 0.350. The van der Waals surface area contributed by atoms with E-state index in [0.717, 1.165) is 11.1 Å². The van der Waals surface area contributed by atoms with Gasteiger partial charge in [0.1, 0.15) is 5.39 Å². The van der Waals surface area contributed by atoms with Gasteiger partial charge in [-0.05, 0) is 5.16 Å². The van der Waals surface area contributed by atoms with Gasteiger partial charge < -0.3 is 15.0 Å². The molecule has 2 N–H and O–H groups in total. The summed E-state index contributed by atoms with van der Waals surface area (Å²) in [6, 6.07) is 1.73. The summed E-state index contributed by atoms with van der Waals surface area (Å²) in [6.45, 7) is 0.342. The third-order valence-corrected chi connectivity index (χ3v) is 1.82. The van der Waals surface area contributed by atoms with Gasteiger partial charge in [-0.2, -0.15) is 0 Å². The Bertz CT molecular complexity index is 424. The van der Waals surface area contributed by atoms with E-state index in [4.69, 9.17) is 15.0 Å². The van der Waals surface area contributed by atoms with Crippen LogP contribution in [0.25, 0.3) is 11.0 Å². The molecule has 0 saturated carbocycles. The lowest BCUT2D eigenvalue weighted by Gasteiger charge is -1.97. The van der Waals surface area contributed by atoms with E-state index in [0.29, 0.717) is 18.0 Å². The third kappa shape index (κ3) is 1.13. The van der Waals surface area contributed by atoms with Crippen LogP contribution >= 0.6 is 0 Å². The van der Waals surface area contributed by atoms with E-state index in [1.807, 2.05) is 0 Å². The van der Waals surface area contributed by atoms with Crippen molar-refractivity contribution < 1.29 is 9.26 Å². The summed E-state index contributed by atoms with van der Waals surface area (Å²) in [5.41, 5.74) is 6.89. The van der Waals surface area contributed by atoms with Crippen LogP contribution in [0.1, 0.15) is 5.69 Å². The number of fused-ring (bicyclic) bond motifs is 1. The molecule has 0 aromatic carbocycles. The van der Waals surface area contributed by atoms with E-state index < -0.39 is 0 Å². The summed E-state index contributed by atoms with van der Waals surface area (Å²) >= 11 is 0. The van der Waals surface area contributed by atoms with E-state index in [1.54, 1.807) is 12.3 Å². The van der Waals surface area contributed by atoms with Gasteiger partial charge in [-0.25, -0.2) is 0 Å². The molecule has 0 spiro atoms. The van der Waals surface area contributed by atoms with Crippen LogP contribution in [-0.4, -0.2) is 17.3 Å². The summed E-state index contributed by atoms with van der Waals surface area (Å²) in [4.78, 5) is 4.10. The van der Waals surface area contributed by atoms with Crippen LogP contribution in [0.3, 0.4) is 0 Å². The van der Waals surface area contributed by atoms with E-state index in [2.05, 4.69) is 10.1 Å². The Morgan fingerprint density at radius 2 is 2.46 bits per heavy atom. The minimum atomic E-state index is 0.342. The Labute approximate surface area is 74.5 Å². The second kappa shape index (κ2) is 3.02.